The number of hydrogen-bond acceptors (Lipinski definition) is 7. The van der Waals surface area contributed by atoms with Crippen LogP contribution in [0.3, 0.4) is 0 Å². The van der Waals surface area contributed by atoms with Crippen LogP contribution in [0.2, 0.25) is 0 Å². The van der Waals surface area contributed by atoms with Crippen LogP contribution in [0, 0.1) is 0 Å². The van der Waals surface area contributed by atoms with Crippen molar-refractivity contribution in [1.82, 2.24) is 38.2 Å². The van der Waals surface area contributed by atoms with E-state index in [9.17, 15) is 9.59 Å². The summed E-state index contributed by atoms with van der Waals surface area (Å²) in [6.45, 7) is 0.979. The fourth-order valence-electron chi connectivity index (χ4n) is 3.21. The molecule has 2 N–H and O–H groups in total. The van der Waals surface area contributed by atoms with Crippen molar-refractivity contribution in [3.05, 3.63) is 39.8 Å². The van der Waals surface area contributed by atoms with Gasteiger partial charge in [-0.2, -0.15) is 0 Å². The smallest absolute Gasteiger partial charge is 0.332 e. The van der Waals surface area contributed by atoms with Crippen LogP contribution in [0.4, 0.5) is 5.82 Å². The Balaban J connectivity index is 1.53. The van der Waals surface area contributed by atoms with Gasteiger partial charge in [0, 0.05) is 27.2 Å². The van der Waals surface area contributed by atoms with Crippen molar-refractivity contribution in [2.75, 3.05) is 5.73 Å². The molecule has 140 valence electrons. The summed E-state index contributed by atoms with van der Waals surface area (Å²) in [5, 5.41) is 0. The second-order valence-electron chi connectivity index (χ2n) is 6.40. The first-order valence-electron chi connectivity index (χ1n) is 8.51. The monoisotopic (exact) mass is 369 g/mol. The molecular formula is C16H19N9O2. The molecule has 4 rings (SSSR count). The zero-order chi connectivity index (χ0) is 19.1. The van der Waals surface area contributed by atoms with Gasteiger partial charge >= 0.3 is 5.69 Å². The predicted octanol–water partition coefficient (Wildman–Crippen LogP) is -0.364. The lowest BCUT2D eigenvalue weighted by Gasteiger charge is -2.09. The summed E-state index contributed by atoms with van der Waals surface area (Å²) < 4.78 is 6.18. The SMILES string of the molecule is Cn1cnc2c1c(=O)n(CCCCn1cnc3c(N)ncnc31)c(=O)n2C. The summed E-state index contributed by atoms with van der Waals surface area (Å²) >= 11 is 0. The maximum atomic E-state index is 12.7. The van der Waals surface area contributed by atoms with Crippen LogP contribution in [-0.4, -0.2) is 38.2 Å². The number of unbranched alkanes of at least 4 members (excludes halogenated alkanes) is 1. The number of anilines is 1. The normalized spacial score (nSPS) is 11.6. The Kier molecular flexibility index (Phi) is 3.98. The average molecular weight is 369 g/mol. The zero-order valence-corrected chi connectivity index (χ0v) is 15.0. The number of rotatable bonds is 5. The van der Waals surface area contributed by atoms with Crippen LogP contribution in [0.15, 0.2) is 28.6 Å². The van der Waals surface area contributed by atoms with Gasteiger partial charge in [-0.3, -0.25) is 13.9 Å². The molecule has 0 aromatic carbocycles. The van der Waals surface area contributed by atoms with Gasteiger partial charge in [0.25, 0.3) is 5.56 Å². The summed E-state index contributed by atoms with van der Waals surface area (Å²) in [6, 6.07) is 0. The number of nitrogens with two attached hydrogens (primary N) is 1. The molecule has 4 heterocycles. The van der Waals surface area contributed by atoms with Crippen molar-refractivity contribution in [3.63, 3.8) is 0 Å². The molecule has 4 aromatic rings. The molecule has 0 aliphatic heterocycles. The molecule has 0 aliphatic rings. The largest absolute Gasteiger partial charge is 0.382 e. The summed E-state index contributed by atoms with van der Waals surface area (Å²) in [7, 11) is 3.36. The van der Waals surface area contributed by atoms with E-state index in [1.807, 2.05) is 4.57 Å². The van der Waals surface area contributed by atoms with Crippen LogP contribution < -0.4 is 17.0 Å². The first kappa shape index (κ1) is 16.9. The molecule has 0 unspecified atom stereocenters. The first-order chi connectivity index (χ1) is 13.0. The molecule has 0 saturated carbocycles. The topological polar surface area (TPSA) is 131 Å². The van der Waals surface area contributed by atoms with E-state index in [1.54, 1.807) is 25.0 Å². The van der Waals surface area contributed by atoms with Crippen LogP contribution in [0.25, 0.3) is 22.3 Å². The van der Waals surface area contributed by atoms with Crippen molar-refractivity contribution >= 4 is 28.1 Å². The average Bonchev–Trinajstić information content (AvgIpc) is 3.24. The highest BCUT2D eigenvalue weighted by Crippen LogP contribution is 2.14. The van der Waals surface area contributed by atoms with Crippen LogP contribution >= 0.6 is 0 Å². The van der Waals surface area contributed by atoms with E-state index in [4.69, 9.17) is 5.73 Å². The predicted molar refractivity (Wildman–Crippen MR) is 99.2 cm³/mol. The summed E-state index contributed by atoms with van der Waals surface area (Å²) in [5.41, 5.74) is 7.17. The molecule has 0 spiro atoms. The molecule has 11 heteroatoms. The summed E-state index contributed by atoms with van der Waals surface area (Å²) in [5.74, 6) is 0.346. The van der Waals surface area contributed by atoms with Crippen LogP contribution in [-0.2, 0) is 27.2 Å². The third-order valence-electron chi connectivity index (χ3n) is 4.66. The van der Waals surface area contributed by atoms with Crippen molar-refractivity contribution in [3.8, 4) is 0 Å². The number of fused-ring (bicyclic) bond motifs is 2. The molecular weight excluding hydrogens is 350 g/mol. The second-order valence-corrected chi connectivity index (χ2v) is 6.40. The molecule has 0 bridgehead atoms. The highest BCUT2D eigenvalue weighted by molar-refractivity contribution is 5.81. The lowest BCUT2D eigenvalue weighted by Crippen LogP contribution is -2.39. The van der Waals surface area contributed by atoms with Crippen LogP contribution in [0.1, 0.15) is 12.8 Å². The van der Waals surface area contributed by atoms with E-state index < -0.39 is 0 Å². The minimum atomic E-state index is -0.361. The number of nitrogens with zero attached hydrogens (tertiary/aromatic N) is 8. The fourth-order valence-corrected chi connectivity index (χ4v) is 3.21. The Morgan fingerprint density at radius 2 is 1.74 bits per heavy atom. The van der Waals surface area contributed by atoms with E-state index in [-0.39, 0.29) is 11.2 Å². The van der Waals surface area contributed by atoms with Gasteiger partial charge in [-0.05, 0) is 12.8 Å². The number of aromatic nitrogens is 8. The maximum Gasteiger partial charge on any atom is 0.332 e. The van der Waals surface area contributed by atoms with Crippen LogP contribution in [0.5, 0.6) is 0 Å². The molecule has 27 heavy (non-hydrogen) atoms. The lowest BCUT2D eigenvalue weighted by atomic mass is 10.3. The number of imidazole rings is 2. The fraction of sp³-hybridized carbons (Fsp3) is 0.375. The maximum absolute atomic E-state index is 12.7. The Hall–Kier alpha value is -3.50. The minimum absolute atomic E-state index is 0.318. The Bertz CT molecular complexity index is 1260. The molecule has 0 fully saturated rings. The van der Waals surface area contributed by atoms with Gasteiger partial charge < -0.3 is 14.9 Å². The lowest BCUT2D eigenvalue weighted by molar-refractivity contribution is 0.524. The third kappa shape index (κ3) is 2.67. The number of aryl methyl sites for hydroxylation is 3. The van der Waals surface area contributed by atoms with E-state index in [0.29, 0.717) is 47.7 Å². The Morgan fingerprint density at radius 3 is 2.56 bits per heavy atom. The summed E-state index contributed by atoms with van der Waals surface area (Å²) in [6.07, 6.45) is 6.01. The van der Waals surface area contributed by atoms with Gasteiger partial charge in [0.1, 0.15) is 11.8 Å². The van der Waals surface area contributed by atoms with Crippen molar-refractivity contribution in [1.29, 1.82) is 0 Å². The van der Waals surface area contributed by atoms with E-state index in [1.165, 1.54) is 21.8 Å². The third-order valence-corrected chi connectivity index (χ3v) is 4.66. The van der Waals surface area contributed by atoms with E-state index in [0.717, 1.165) is 6.42 Å². The standard InChI is InChI=1S/C16H19N9O2/c1-22-8-21-14-11(22)15(26)25(16(27)23(14)2)6-4-3-5-24-9-20-10-12(17)18-7-19-13(10)24/h7-9H,3-6H2,1-2H3,(H2,17,18,19). The molecule has 0 saturated heterocycles. The molecule has 11 nitrogen and oxygen atoms in total. The van der Waals surface area contributed by atoms with Crippen molar-refractivity contribution in [2.24, 2.45) is 14.1 Å². The quantitative estimate of drug-likeness (QED) is 0.475. The summed E-state index contributed by atoms with van der Waals surface area (Å²) in [4.78, 5) is 41.6. The van der Waals surface area contributed by atoms with E-state index >= 15 is 0 Å². The van der Waals surface area contributed by atoms with Crippen molar-refractivity contribution in [2.45, 2.75) is 25.9 Å². The molecule has 0 aliphatic carbocycles. The van der Waals surface area contributed by atoms with E-state index in [2.05, 4.69) is 19.9 Å². The number of hydrogen-bond donors (Lipinski definition) is 1. The number of nitrogen functional groups attached to an aromatic ring is 1. The second kappa shape index (κ2) is 6.34. The molecule has 4 aromatic heterocycles. The first-order valence-corrected chi connectivity index (χ1v) is 8.51. The molecule has 0 amide bonds. The van der Waals surface area contributed by atoms with Gasteiger partial charge in [-0.1, -0.05) is 0 Å². The Labute approximate surface area is 152 Å². The van der Waals surface area contributed by atoms with Crippen molar-refractivity contribution < 1.29 is 0 Å². The minimum Gasteiger partial charge on any atom is -0.382 e. The zero-order valence-electron chi connectivity index (χ0n) is 15.0. The van der Waals surface area contributed by atoms with Gasteiger partial charge in [-0.15, -0.1) is 0 Å². The van der Waals surface area contributed by atoms with Gasteiger partial charge in [0.15, 0.2) is 22.6 Å². The highest BCUT2D eigenvalue weighted by atomic mass is 16.2. The Morgan fingerprint density at radius 1 is 0.963 bits per heavy atom. The molecule has 0 radical (unpaired) electrons. The van der Waals surface area contributed by atoms with Gasteiger partial charge in [0.05, 0.1) is 12.7 Å². The highest BCUT2D eigenvalue weighted by Gasteiger charge is 2.14. The molecule has 0 atom stereocenters. The van der Waals surface area contributed by atoms with Gasteiger partial charge in [-0.25, -0.2) is 24.7 Å². The van der Waals surface area contributed by atoms with Gasteiger partial charge in [0.2, 0.25) is 0 Å².